The Labute approximate surface area is 206 Å². The molecule has 1 amide bonds. The number of methoxy groups -OCH3 is 1. The molecule has 0 saturated heterocycles. The molecule has 35 heavy (non-hydrogen) atoms. The summed E-state index contributed by atoms with van der Waals surface area (Å²) in [4.78, 5) is 13.1. The maximum atomic E-state index is 13.7. The van der Waals surface area contributed by atoms with Crippen molar-refractivity contribution in [3.63, 3.8) is 0 Å². The Morgan fingerprint density at radius 2 is 1.54 bits per heavy atom. The summed E-state index contributed by atoms with van der Waals surface area (Å²) in [7, 11) is -2.56. The summed E-state index contributed by atoms with van der Waals surface area (Å²) in [5.74, 6) is -0.0500. The molecule has 4 aromatic rings. The van der Waals surface area contributed by atoms with Crippen LogP contribution in [0.4, 0.5) is 5.69 Å². The van der Waals surface area contributed by atoms with Gasteiger partial charge in [0.25, 0.3) is 10.0 Å². The monoisotopic (exact) mass is 488 g/mol. The van der Waals surface area contributed by atoms with Gasteiger partial charge < -0.3 is 10.1 Å². The number of benzene rings is 4. The van der Waals surface area contributed by atoms with E-state index >= 15 is 0 Å². The van der Waals surface area contributed by atoms with Gasteiger partial charge in [0.15, 0.2) is 0 Å². The Hall–Kier alpha value is -3.84. The first-order chi connectivity index (χ1) is 16.8. The third-order valence-electron chi connectivity index (χ3n) is 5.80. The van der Waals surface area contributed by atoms with E-state index in [0.29, 0.717) is 11.4 Å². The highest BCUT2D eigenvalue weighted by Gasteiger charge is 2.29. The van der Waals surface area contributed by atoms with E-state index in [0.717, 1.165) is 31.8 Å². The van der Waals surface area contributed by atoms with Gasteiger partial charge >= 0.3 is 0 Å². The molecule has 180 valence electrons. The summed E-state index contributed by atoms with van der Waals surface area (Å²) >= 11 is 0. The quantitative estimate of drug-likeness (QED) is 0.380. The van der Waals surface area contributed by atoms with E-state index < -0.39 is 15.9 Å². The lowest BCUT2D eigenvalue weighted by Crippen LogP contribution is -2.41. The third-order valence-corrected chi connectivity index (χ3v) is 7.58. The molecule has 0 radical (unpaired) electrons. The van der Waals surface area contributed by atoms with Gasteiger partial charge in [-0.25, -0.2) is 8.42 Å². The van der Waals surface area contributed by atoms with Crippen molar-refractivity contribution in [1.29, 1.82) is 0 Å². The standard InChI is InChI=1S/C28H28N2O4S/c1-20-8-13-25(14-9-20)35(32,33)30(26-16-21(2)10-15-27(26)34-3)19-28(31)29-18-22-11-12-23-6-4-5-7-24(23)17-22/h4-17H,18-19H2,1-3H3,(H,29,31). The number of nitrogens with zero attached hydrogens (tertiary/aromatic N) is 1. The summed E-state index contributed by atoms with van der Waals surface area (Å²) in [6, 6.07) is 25.8. The van der Waals surface area contributed by atoms with Gasteiger partial charge in [-0.15, -0.1) is 0 Å². The molecule has 0 aliphatic rings. The second-order valence-electron chi connectivity index (χ2n) is 8.46. The molecule has 0 bridgehead atoms. The molecule has 4 aromatic carbocycles. The van der Waals surface area contributed by atoms with E-state index in [1.165, 1.54) is 7.11 Å². The molecule has 0 heterocycles. The Kier molecular flexibility index (Phi) is 7.07. The van der Waals surface area contributed by atoms with Crippen LogP contribution >= 0.6 is 0 Å². The van der Waals surface area contributed by atoms with Crippen LogP contribution in [-0.4, -0.2) is 28.0 Å². The van der Waals surface area contributed by atoms with E-state index in [1.54, 1.807) is 36.4 Å². The highest BCUT2D eigenvalue weighted by molar-refractivity contribution is 7.92. The van der Waals surface area contributed by atoms with Gasteiger partial charge in [-0.1, -0.05) is 60.2 Å². The molecule has 0 spiro atoms. The van der Waals surface area contributed by atoms with E-state index in [4.69, 9.17) is 4.74 Å². The summed E-state index contributed by atoms with van der Waals surface area (Å²) in [5, 5.41) is 5.05. The average Bonchev–Trinajstić information content (AvgIpc) is 2.86. The van der Waals surface area contributed by atoms with Gasteiger partial charge in [-0.2, -0.15) is 0 Å². The fourth-order valence-corrected chi connectivity index (χ4v) is 5.29. The Balaban J connectivity index is 1.62. The molecule has 0 aliphatic carbocycles. The zero-order valence-electron chi connectivity index (χ0n) is 20.0. The minimum absolute atomic E-state index is 0.106. The summed E-state index contributed by atoms with van der Waals surface area (Å²) in [6.07, 6.45) is 0. The topological polar surface area (TPSA) is 75.7 Å². The number of rotatable bonds is 8. The van der Waals surface area contributed by atoms with Crippen LogP contribution in [0, 0.1) is 13.8 Å². The zero-order valence-corrected chi connectivity index (χ0v) is 20.8. The van der Waals surface area contributed by atoms with Crippen LogP contribution in [0.3, 0.4) is 0 Å². The second-order valence-corrected chi connectivity index (χ2v) is 10.3. The van der Waals surface area contributed by atoms with Gasteiger partial charge in [-0.05, 0) is 66.1 Å². The van der Waals surface area contributed by atoms with Crippen LogP contribution in [0.15, 0.2) is 89.8 Å². The Bertz CT molecular complexity index is 1460. The highest BCUT2D eigenvalue weighted by atomic mass is 32.2. The molecule has 4 rings (SSSR count). The minimum atomic E-state index is -4.03. The van der Waals surface area contributed by atoms with Crippen LogP contribution in [0.1, 0.15) is 16.7 Å². The summed E-state index contributed by atoms with van der Waals surface area (Å²) < 4.78 is 33.9. The fraction of sp³-hybridized carbons (Fsp3) is 0.179. The van der Waals surface area contributed by atoms with Crippen molar-refractivity contribution < 1.29 is 17.9 Å². The first-order valence-corrected chi connectivity index (χ1v) is 12.7. The SMILES string of the molecule is COc1ccc(C)cc1N(CC(=O)NCc1ccc2ccccc2c1)S(=O)(=O)c1ccc(C)cc1. The lowest BCUT2D eigenvalue weighted by molar-refractivity contribution is -0.119. The molecule has 0 fully saturated rings. The average molecular weight is 489 g/mol. The van der Waals surface area contributed by atoms with Crippen LogP contribution in [-0.2, 0) is 21.4 Å². The number of ether oxygens (including phenoxy) is 1. The summed E-state index contributed by atoms with van der Waals surface area (Å²) in [6.45, 7) is 3.65. The van der Waals surface area contributed by atoms with Gasteiger partial charge in [0.1, 0.15) is 12.3 Å². The van der Waals surface area contributed by atoms with E-state index in [2.05, 4.69) is 5.32 Å². The van der Waals surface area contributed by atoms with Crippen molar-refractivity contribution in [2.45, 2.75) is 25.3 Å². The van der Waals surface area contributed by atoms with Crippen molar-refractivity contribution in [1.82, 2.24) is 5.32 Å². The van der Waals surface area contributed by atoms with Crippen molar-refractivity contribution in [3.05, 3.63) is 102 Å². The van der Waals surface area contributed by atoms with Crippen LogP contribution in [0.2, 0.25) is 0 Å². The van der Waals surface area contributed by atoms with Crippen LogP contribution < -0.4 is 14.4 Å². The normalized spacial score (nSPS) is 11.3. The van der Waals surface area contributed by atoms with Gasteiger partial charge in [0.2, 0.25) is 5.91 Å². The number of nitrogens with one attached hydrogen (secondary N) is 1. The highest BCUT2D eigenvalue weighted by Crippen LogP contribution is 2.33. The number of carbonyl (C=O) groups is 1. The largest absolute Gasteiger partial charge is 0.495 e. The predicted octanol–water partition coefficient (Wildman–Crippen LogP) is 4.98. The van der Waals surface area contributed by atoms with Gasteiger partial charge in [0, 0.05) is 6.54 Å². The number of amides is 1. The van der Waals surface area contributed by atoms with Gasteiger partial charge in [-0.3, -0.25) is 9.10 Å². The number of fused-ring (bicyclic) bond motifs is 1. The van der Waals surface area contributed by atoms with E-state index in [1.807, 2.05) is 62.4 Å². The maximum absolute atomic E-state index is 13.7. The van der Waals surface area contributed by atoms with Gasteiger partial charge in [0.05, 0.1) is 17.7 Å². The molecule has 0 saturated carbocycles. The predicted molar refractivity (Wildman–Crippen MR) is 139 cm³/mol. The van der Waals surface area contributed by atoms with Crippen LogP contribution in [0.5, 0.6) is 5.75 Å². The number of hydrogen-bond donors (Lipinski definition) is 1. The molecular formula is C28H28N2O4S. The molecular weight excluding hydrogens is 460 g/mol. The molecule has 7 heteroatoms. The number of carbonyl (C=O) groups excluding carboxylic acids is 1. The Morgan fingerprint density at radius 1 is 0.857 bits per heavy atom. The molecule has 1 N–H and O–H groups in total. The van der Waals surface area contributed by atoms with Crippen molar-refractivity contribution in [2.24, 2.45) is 0 Å². The number of hydrogen-bond acceptors (Lipinski definition) is 4. The third kappa shape index (κ3) is 5.46. The minimum Gasteiger partial charge on any atom is -0.495 e. The lowest BCUT2D eigenvalue weighted by Gasteiger charge is -2.26. The molecule has 0 aliphatic heterocycles. The number of anilines is 1. The smallest absolute Gasteiger partial charge is 0.264 e. The Morgan fingerprint density at radius 3 is 2.26 bits per heavy atom. The molecule has 6 nitrogen and oxygen atoms in total. The molecule has 0 atom stereocenters. The molecule has 0 aromatic heterocycles. The fourth-order valence-electron chi connectivity index (χ4n) is 3.87. The summed E-state index contributed by atoms with van der Waals surface area (Å²) in [5.41, 5.74) is 3.03. The zero-order chi connectivity index (χ0) is 25.0. The maximum Gasteiger partial charge on any atom is 0.264 e. The van der Waals surface area contributed by atoms with Crippen molar-refractivity contribution >= 4 is 32.4 Å². The molecule has 0 unspecified atom stereocenters. The first-order valence-electron chi connectivity index (χ1n) is 11.3. The lowest BCUT2D eigenvalue weighted by atomic mass is 10.1. The van der Waals surface area contributed by atoms with E-state index in [-0.39, 0.29) is 18.0 Å². The van der Waals surface area contributed by atoms with Crippen LogP contribution in [0.25, 0.3) is 10.8 Å². The van der Waals surface area contributed by atoms with Crippen molar-refractivity contribution in [2.75, 3.05) is 18.0 Å². The number of sulfonamides is 1. The van der Waals surface area contributed by atoms with Crippen molar-refractivity contribution in [3.8, 4) is 5.75 Å². The first kappa shape index (κ1) is 24.3. The second kappa shape index (κ2) is 10.2. The number of aryl methyl sites for hydroxylation is 2. The van der Waals surface area contributed by atoms with E-state index in [9.17, 15) is 13.2 Å².